The van der Waals surface area contributed by atoms with E-state index in [2.05, 4.69) is 5.32 Å². The van der Waals surface area contributed by atoms with E-state index in [-0.39, 0.29) is 17.4 Å². The van der Waals surface area contributed by atoms with Crippen molar-refractivity contribution < 1.29 is 28.2 Å². The Kier molecular flexibility index (Phi) is 5.71. The number of amides is 1. The normalized spacial score (nSPS) is 17.1. The zero-order chi connectivity index (χ0) is 15.9. The summed E-state index contributed by atoms with van der Waals surface area (Å²) in [6.45, 7) is 0.653. The number of hydrogen-bond acceptors (Lipinski definition) is 5. The molecular weight excluding hydrogens is 293 g/mol. The van der Waals surface area contributed by atoms with Crippen molar-refractivity contribution in [1.82, 2.24) is 5.32 Å². The average Bonchev–Trinajstić information content (AvgIpc) is 3.04. The predicted molar refractivity (Wildman–Crippen MR) is 75.2 cm³/mol. The quantitative estimate of drug-likeness (QED) is 0.801. The summed E-state index contributed by atoms with van der Waals surface area (Å²) in [6.07, 6.45) is 1.90. The van der Waals surface area contributed by atoms with Crippen LogP contribution in [0.4, 0.5) is 4.39 Å². The minimum atomic E-state index is -0.816. The van der Waals surface area contributed by atoms with Gasteiger partial charge >= 0.3 is 5.97 Å². The fourth-order valence-electron chi connectivity index (χ4n) is 2.13. The lowest BCUT2D eigenvalue weighted by Gasteiger charge is -2.11. The standard InChI is InChI=1S/C15H18FNO5/c1-20-13-5-4-10(16)7-12(13)15(19)22-9-14(18)17-8-11-3-2-6-21-11/h4-5,7,11H,2-3,6,8-9H2,1H3,(H,17,18)/t11-/m1/s1. The van der Waals surface area contributed by atoms with Gasteiger partial charge < -0.3 is 19.5 Å². The molecule has 7 heteroatoms. The van der Waals surface area contributed by atoms with Crippen LogP contribution in [0.25, 0.3) is 0 Å². The molecule has 0 spiro atoms. The Balaban J connectivity index is 1.81. The lowest BCUT2D eigenvalue weighted by Crippen LogP contribution is -2.34. The van der Waals surface area contributed by atoms with Crippen LogP contribution in [0, 0.1) is 5.82 Å². The van der Waals surface area contributed by atoms with Crippen LogP contribution in [-0.2, 0) is 14.3 Å². The SMILES string of the molecule is COc1ccc(F)cc1C(=O)OCC(=O)NC[C@H]1CCCO1. The van der Waals surface area contributed by atoms with Crippen LogP contribution in [0.3, 0.4) is 0 Å². The van der Waals surface area contributed by atoms with Crippen molar-refractivity contribution in [3.05, 3.63) is 29.6 Å². The molecule has 0 aromatic heterocycles. The maximum Gasteiger partial charge on any atom is 0.342 e. The smallest absolute Gasteiger partial charge is 0.342 e. The molecule has 1 aromatic rings. The van der Waals surface area contributed by atoms with E-state index in [1.165, 1.54) is 19.2 Å². The second kappa shape index (κ2) is 7.74. The summed E-state index contributed by atoms with van der Waals surface area (Å²) >= 11 is 0. The molecular formula is C15H18FNO5. The van der Waals surface area contributed by atoms with Gasteiger partial charge in [-0.1, -0.05) is 0 Å². The Bertz CT molecular complexity index is 543. The van der Waals surface area contributed by atoms with E-state index in [9.17, 15) is 14.0 Å². The first-order chi connectivity index (χ1) is 10.6. The molecule has 6 nitrogen and oxygen atoms in total. The van der Waals surface area contributed by atoms with Crippen LogP contribution in [0.5, 0.6) is 5.75 Å². The highest BCUT2D eigenvalue weighted by Gasteiger charge is 2.18. The van der Waals surface area contributed by atoms with E-state index < -0.39 is 24.3 Å². The molecule has 120 valence electrons. The summed E-state index contributed by atoms with van der Waals surface area (Å²) in [6, 6.07) is 3.50. The molecule has 2 rings (SSSR count). The number of esters is 1. The average molecular weight is 311 g/mol. The van der Waals surface area contributed by atoms with Crippen molar-refractivity contribution in [1.29, 1.82) is 0 Å². The first-order valence-corrected chi connectivity index (χ1v) is 6.99. The van der Waals surface area contributed by atoms with E-state index in [0.29, 0.717) is 13.2 Å². The molecule has 1 fully saturated rings. The highest BCUT2D eigenvalue weighted by atomic mass is 19.1. The van der Waals surface area contributed by atoms with Gasteiger partial charge in [0.05, 0.1) is 13.2 Å². The van der Waals surface area contributed by atoms with Crippen molar-refractivity contribution in [2.45, 2.75) is 18.9 Å². The van der Waals surface area contributed by atoms with Crippen molar-refractivity contribution in [3.8, 4) is 5.75 Å². The van der Waals surface area contributed by atoms with E-state index in [4.69, 9.17) is 14.2 Å². The Hall–Kier alpha value is -2.15. The number of nitrogens with one attached hydrogen (secondary N) is 1. The van der Waals surface area contributed by atoms with Crippen molar-refractivity contribution in [2.24, 2.45) is 0 Å². The largest absolute Gasteiger partial charge is 0.496 e. The van der Waals surface area contributed by atoms with E-state index in [1.807, 2.05) is 0 Å². The topological polar surface area (TPSA) is 73.9 Å². The fraction of sp³-hybridized carbons (Fsp3) is 0.467. The second-order valence-corrected chi connectivity index (χ2v) is 4.86. The number of methoxy groups -OCH3 is 1. The molecule has 0 aliphatic carbocycles. The number of halogens is 1. The fourth-order valence-corrected chi connectivity index (χ4v) is 2.13. The number of carbonyl (C=O) groups is 2. The van der Waals surface area contributed by atoms with Gasteiger partial charge in [0.25, 0.3) is 5.91 Å². The van der Waals surface area contributed by atoms with E-state index in [1.54, 1.807) is 0 Å². The van der Waals surface area contributed by atoms with E-state index >= 15 is 0 Å². The lowest BCUT2D eigenvalue weighted by atomic mass is 10.2. The van der Waals surface area contributed by atoms with Crippen LogP contribution in [-0.4, -0.2) is 44.8 Å². The first-order valence-electron chi connectivity index (χ1n) is 6.99. The van der Waals surface area contributed by atoms with Crippen LogP contribution < -0.4 is 10.1 Å². The van der Waals surface area contributed by atoms with Gasteiger partial charge in [0.15, 0.2) is 6.61 Å². The highest BCUT2D eigenvalue weighted by Crippen LogP contribution is 2.20. The maximum absolute atomic E-state index is 13.2. The van der Waals surface area contributed by atoms with Gasteiger partial charge in [-0.25, -0.2) is 9.18 Å². The van der Waals surface area contributed by atoms with Gasteiger partial charge in [0, 0.05) is 13.2 Å². The maximum atomic E-state index is 13.2. The first kappa shape index (κ1) is 16.2. The van der Waals surface area contributed by atoms with Gasteiger partial charge in [-0.05, 0) is 31.0 Å². The summed E-state index contributed by atoms with van der Waals surface area (Å²) in [5.41, 5.74) is -0.0607. The molecule has 0 saturated carbocycles. The van der Waals surface area contributed by atoms with Crippen LogP contribution in [0.2, 0.25) is 0 Å². The summed E-state index contributed by atoms with van der Waals surface area (Å²) in [7, 11) is 1.36. The summed E-state index contributed by atoms with van der Waals surface area (Å²) in [4.78, 5) is 23.5. The van der Waals surface area contributed by atoms with E-state index in [0.717, 1.165) is 18.9 Å². The molecule has 1 aliphatic rings. The Labute approximate surface area is 127 Å². The molecule has 1 heterocycles. The van der Waals surface area contributed by atoms with Crippen LogP contribution >= 0.6 is 0 Å². The third-order valence-electron chi connectivity index (χ3n) is 3.27. The minimum Gasteiger partial charge on any atom is -0.496 e. The Morgan fingerprint density at radius 1 is 1.45 bits per heavy atom. The number of hydrogen-bond donors (Lipinski definition) is 1. The molecule has 0 unspecified atom stereocenters. The molecule has 1 amide bonds. The number of carbonyl (C=O) groups excluding carboxylic acids is 2. The molecule has 0 radical (unpaired) electrons. The third-order valence-corrected chi connectivity index (χ3v) is 3.27. The number of benzene rings is 1. The Morgan fingerprint density at radius 3 is 2.95 bits per heavy atom. The molecule has 1 N–H and O–H groups in total. The van der Waals surface area contributed by atoms with Crippen molar-refractivity contribution in [3.63, 3.8) is 0 Å². The second-order valence-electron chi connectivity index (χ2n) is 4.86. The molecule has 1 aromatic carbocycles. The molecule has 22 heavy (non-hydrogen) atoms. The Morgan fingerprint density at radius 2 is 2.27 bits per heavy atom. The van der Waals surface area contributed by atoms with Gasteiger partial charge in [0.1, 0.15) is 17.1 Å². The summed E-state index contributed by atoms with van der Waals surface area (Å²) in [5.74, 6) is -1.65. The minimum absolute atomic E-state index is 0.0166. The van der Waals surface area contributed by atoms with Gasteiger partial charge in [0.2, 0.25) is 0 Å². The molecule has 1 atom stereocenters. The van der Waals surface area contributed by atoms with Gasteiger partial charge in [-0.2, -0.15) is 0 Å². The lowest BCUT2D eigenvalue weighted by molar-refractivity contribution is -0.124. The highest BCUT2D eigenvalue weighted by molar-refractivity contribution is 5.94. The number of ether oxygens (including phenoxy) is 3. The zero-order valence-corrected chi connectivity index (χ0v) is 12.3. The van der Waals surface area contributed by atoms with Crippen LogP contribution in [0.1, 0.15) is 23.2 Å². The number of rotatable bonds is 6. The van der Waals surface area contributed by atoms with Gasteiger partial charge in [-0.15, -0.1) is 0 Å². The molecule has 1 saturated heterocycles. The van der Waals surface area contributed by atoms with Crippen molar-refractivity contribution in [2.75, 3.05) is 26.9 Å². The molecule has 0 bridgehead atoms. The van der Waals surface area contributed by atoms with Crippen LogP contribution in [0.15, 0.2) is 18.2 Å². The van der Waals surface area contributed by atoms with Crippen molar-refractivity contribution >= 4 is 11.9 Å². The zero-order valence-electron chi connectivity index (χ0n) is 12.3. The third kappa shape index (κ3) is 4.42. The predicted octanol–water partition coefficient (Wildman–Crippen LogP) is 1.29. The monoisotopic (exact) mass is 311 g/mol. The molecule has 1 aliphatic heterocycles. The van der Waals surface area contributed by atoms with Gasteiger partial charge in [-0.3, -0.25) is 4.79 Å². The summed E-state index contributed by atoms with van der Waals surface area (Å²) in [5, 5.41) is 2.62. The summed E-state index contributed by atoms with van der Waals surface area (Å²) < 4.78 is 28.4.